The number of nitrogens with zero attached hydrogens (tertiary/aromatic N) is 2. The molecule has 0 aromatic carbocycles. The maximum atomic E-state index is 10.0. The molecule has 0 aliphatic carbocycles. The van der Waals surface area contributed by atoms with E-state index in [4.69, 9.17) is 4.74 Å². The summed E-state index contributed by atoms with van der Waals surface area (Å²) in [5.74, 6) is 0. The lowest BCUT2D eigenvalue weighted by atomic mass is 10.6. The van der Waals surface area contributed by atoms with Gasteiger partial charge in [-0.15, -0.1) is 0 Å². The highest BCUT2D eigenvalue weighted by molar-refractivity contribution is 7.13. The smallest absolute Gasteiger partial charge is 0.273 e. The van der Waals surface area contributed by atoms with Gasteiger partial charge in [-0.25, -0.2) is 4.98 Å². The minimum atomic E-state index is -0.396. The zero-order chi connectivity index (χ0) is 8.27. The first kappa shape index (κ1) is 7.93. The van der Waals surface area contributed by atoms with Gasteiger partial charge in [0.15, 0.2) is 0 Å². The molecule has 1 aromatic rings. The van der Waals surface area contributed by atoms with Crippen LogP contribution in [0.2, 0.25) is 0 Å². The van der Waals surface area contributed by atoms with Gasteiger partial charge in [0.05, 0.1) is 18.2 Å². The highest BCUT2D eigenvalue weighted by Crippen LogP contribution is 2.19. The van der Waals surface area contributed by atoms with Crippen molar-refractivity contribution in [2.75, 3.05) is 7.11 Å². The van der Waals surface area contributed by atoms with Crippen LogP contribution >= 0.6 is 11.3 Å². The van der Waals surface area contributed by atoms with E-state index in [1.807, 2.05) is 0 Å². The standard InChI is InChI=1S/C5H6N2O3S/c1-10-5-6-2-4(11-5)3-7(8)9/h2H,3H2,1H3. The van der Waals surface area contributed by atoms with Gasteiger partial charge in [0.1, 0.15) is 0 Å². The van der Waals surface area contributed by atoms with Crippen LogP contribution in [0.15, 0.2) is 6.20 Å². The molecule has 0 unspecified atom stereocenters. The van der Waals surface area contributed by atoms with Gasteiger partial charge in [-0.3, -0.25) is 10.1 Å². The average Bonchev–Trinajstić information content (AvgIpc) is 2.34. The number of aromatic nitrogens is 1. The molecule has 0 fully saturated rings. The van der Waals surface area contributed by atoms with Crippen LogP contribution in [0.25, 0.3) is 0 Å². The zero-order valence-corrected chi connectivity index (χ0v) is 6.63. The number of hydrogen-bond donors (Lipinski definition) is 0. The third-order valence-corrected chi connectivity index (χ3v) is 1.94. The molecule has 0 amide bonds. The number of methoxy groups -OCH3 is 1. The van der Waals surface area contributed by atoms with Gasteiger partial charge < -0.3 is 4.74 Å². The van der Waals surface area contributed by atoms with Crippen molar-refractivity contribution in [1.82, 2.24) is 4.98 Å². The topological polar surface area (TPSA) is 65.3 Å². The van der Waals surface area contributed by atoms with E-state index in [0.29, 0.717) is 10.1 Å². The number of thiazole rings is 1. The van der Waals surface area contributed by atoms with Gasteiger partial charge in [0.25, 0.3) is 5.19 Å². The van der Waals surface area contributed by atoms with Crippen molar-refractivity contribution >= 4 is 11.3 Å². The number of nitro groups is 1. The number of hydrogen-bond acceptors (Lipinski definition) is 5. The van der Waals surface area contributed by atoms with E-state index in [2.05, 4.69) is 4.98 Å². The van der Waals surface area contributed by atoms with Crippen molar-refractivity contribution < 1.29 is 9.66 Å². The summed E-state index contributed by atoms with van der Waals surface area (Å²) in [5.41, 5.74) is 0. The summed E-state index contributed by atoms with van der Waals surface area (Å²) >= 11 is 1.19. The molecular formula is C5H6N2O3S. The van der Waals surface area contributed by atoms with Crippen LogP contribution in [0.1, 0.15) is 4.88 Å². The Hall–Kier alpha value is -1.17. The Morgan fingerprint density at radius 3 is 3.09 bits per heavy atom. The summed E-state index contributed by atoms with van der Waals surface area (Å²) in [5, 5.41) is 10.5. The van der Waals surface area contributed by atoms with Crippen LogP contribution in [0.5, 0.6) is 5.19 Å². The fourth-order valence-electron chi connectivity index (χ4n) is 0.584. The molecular weight excluding hydrogens is 168 g/mol. The molecule has 1 heterocycles. The summed E-state index contributed by atoms with van der Waals surface area (Å²) in [4.78, 5) is 14.0. The molecule has 0 saturated carbocycles. The lowest BCUT2D eigenvalue weighted by Gasteiger charge is -1.86. The van der Waals surface area contributed by atoms with Crippen LogP contribution in [-0.2, 0) is 6.54 Å². The van der Waals surface area contributed by atoms with Gasteiger partial charge in [0, 0.05) is 4.92 Å². The van der Waals surface area contributed by atoms with Crippen LogP contribution in [0, 0.1) is 10.1 Å². The maximum absolute atomic E-state index is 10.0. The molecule has 6 heteroatoms. The molecule has 0 saturated heterocycles. The first-order chi connectivity index (χ1) is 5.22. The van der Waals surface area contributed by atoms with E-state index in [1.165, 1.54) is 24.6 Å². The number of ether oxygens (including phenoxy) is 1. The predicted octanol–water partition coefficient (Wildman–Crippen LogP) is 0.928. The van der Waals surface area contributed by atoms with Gasteiger partial charge in [-0.2, -0.15) is 0 Å². The van der Waals surface area contributed by atoms with Crippen molar-refractivity contribution in [3.05, 3.63) is 21.2 Å². The second-order valence-electron chi connectivity index (χ2n) is 1.79. The predicted molar refractivity (Wildman–Crippen MR) is 39.4 cm³/mol. The molecule has 0 atom stereocenters. The van der Waals surface area contributed by atoms with E-state index in [1.54, 1.807) is 0 Å². The third-order valence-electron chi connectivity index (χ3n) is 0.992. The summed E-state index contributed by atoms with van der Waals surface area (Å²) in [7, 11) is 1.48. The molecule has 0 N–H and O–H groups in total. The Kier molecular flexibility index (Phi) is 2.37. The van der Waals surface area contributed by atoms with Crippen molar-refractivity contribution in [3.63, 3.8) is 0 Å². The van der Waals surface area contributed by atoms with Crippen molar-refractivity contribution in [2.24, 2.45) is 0 Å². The van der Waals surface area contributed by atoms with E-state index >= 15 is 0 Å². The lowest BCUT2D eigenvalue weighted by molar-refractivity contribution is -0.496. The van der Waals surface area contributed by atoms with Crippen molar-refractivity contribution in [2.45, 2.75) is 6.54 Å². The first-order valence-corrected chi connectivity index (χ1v) is 3.64. The minimum Gasteiger partial charge on any atom is -0.473 e. The normalized spacial score (nSPS) is 9.55. The average molecular weight is 174 g/mol. The molecule has 0 aliphatic rings. The fourth-order valence-corrected chi connectivity index (χ4v) is 1.27. The molecule has 1 rings (SSSR count). The van der Waals surface area contributed by atoms with E-state index in [9.17, 15) is 10.1 Å². The fraction of sp³-hybridized carbons (Fsp3) is 0.400. The van der Waals surface area contributed by atoms with E-state index in [0.717, 1.165) is 0 Å². The Morgan fingerprint density at radius 2 is 2.64 bits per heavy atom. The highest BCUT2D eigenvalue weighted by atomic mass is 32.1. The molecule has 0 aliphatic heterocycles. The maximum Gasteiger partial charge on any atom is 0.273 e. The Labute approximate surface area is 66.8 Å². The van der Waals surface area contributed by atoms with Gasteiger partial charge in [-0.1, -0.05) is 11.3 Å². The Balaban J connectivity index is 2.65. The Bertz CT molecular complexity index is 260. The van der Waals surface area contributed by atoms with E-state index in [-0.39, 0.29) is 6.54 Å². The van der Waals surface area contributed by atoms with Crippen LogP contribution in [-0.4, -0.2) is 17.0 Å². The highest BCUT2D eigenvalue weighted by Gasteiger charge is 2.06. The molecule has 11 heavy (non-hydrogen) atoms. The third kappa shape index (κ3) is 2.15. The molecule has 0 spiro atoms. The quantitative estimate of drug-likeness (QED) is 0.505. The minimum absolute atomic E-state index is 0.180. The monoisotopic (exact) mass is 174 g/mol. The van der Waals surface area contributed by atoms with Gasteiger partial charge in [0.2, 0.25) is 6.54 Å². The lowest BCUT2D eigenvalue weighted by Crippen LogP contribution is -1.94. The summed E-state index contributed by atoms with van der Waals surface area (Å²) in [6.45, 7) is -0.180. The zero-order valence-electron chi connectivity index (χ0n) is 5.81. The van der Waals surface area contributed by atoms with Crippen molar-refractivity contribution in [3.8, 4) is 5.19 Å². The second kappa shape index (κ2) is 3.29. The molecule has 0 bridgehead atoms. The van der Waals surface area contributed by atoms with Gasteiger partial charge >= 0.3 is 0 Å². The van der Waals surface area contributed by atoms with E-state index < -0.39 is 4.92 Å². The molecule has 5 nitrogen and oxygen atoms in total. The van der Waals surface area contributed by atoms with Crippen molar-refractivity contribution in [1.29, 1.82) is 0 Å². The first-order valence-electron chi connectivity index (χ1n) is 2.83. The number of rotatable bonds is 3. The van der Waals surface area contributed by atoms with Crippen LogP contribution in [0.3, 0.4) is 0 Å². The second-order valence-corrected chi connectivity index (χ2v) is 2.87. The summed E-state index contributed by atoms with van der Waals surface area (Å²) < 4.78 is 4.76. The van der Waals surface area contributed by atoms with Crippen LogP contribution < -0.4 is 4.74 Å². The molecule has 1 aromatic heterocycles. The Morgan fingerprint density at radius 1 is 1.91 bits per heavy atom. The molecule has 60 valence electrons. The SMILES string of the molecule is COc1ncc(C[N+](=O)[O-])s1. The van der Waals surface area contributed by atoms with Crippen LogP contribution in [0.4, 0.5) is 0 Å². The molecule has 0 radical (unpaired) electrons. The summed E-state index contributed by atoms with van der Waals surface area (Å²) in [6.07, 6.45) is 1.45. The summed E-state index contributed by atoms with van der Waals surface area (Å²) in [6, 6.07) is 0. The van der Waals surface area contributed by atoms with Gasteiger partial charge in [-0.05, 0) is 0 Å². The largest absolute Gasteiger partial charge is 0.473 e.